The van der Waals surface area contributed by atoms with E-state index in [1.165, 1.54) is 25.7 Å². The fraction of sp³-hybridized carbons (Fsp3) is 0.647. The smallest absolute Gasteiger partial charge is 0.550 e. The maximum atomic E-state index is 11.6. The summed E-state index contributed by atoms with van der Waals surface area (Å²) >= 11 is 0. The first-order chi connectivity index (χ1) is 22.0. The van der Waals surface area contributed by atoms with Crippen molar-refractivity contribution < 1.29 is 88.4 Å². The van der Waals surface area contributed by atoms with E-state index in [0.29, 0.717) is 5.75 Å². The molecule has 3 fully saturated rings. The van der Waals surface area contributed by atoms with Crippen molar-refractivity contribution >= 4 is 29.5 Å². The second-order valence-corrected chi connectivity index (χ2v) is 13.6. The molecule has 6 rings (SSSR count). The van der Waals surface area contributed by atoms with Crippen molar-refractivity contribution in [2.24, 2.45) is 0 Å². The van der Waals surface area contributed by atoms with Gasteiger partial charge in [0.15, 0.2) is 0 Å². The van der Waals surface area contributed by atoms with Crippen LogP contribution in [0.15, 0.2) is 6.07 Å². The summed E-state index contributed by atoms with van der Waals surface area (Å²) in [5, 5.41) is 22.7. The zero-order valence-corrected chi connectivity index (χ0v) is 33.6. The molecule has 0 N–H and O–H groups in total. The zero-order chi connectivity index (χ0) is 32.6. The van der Waals surface area contributed by atoms with Gasteiger partial charge in [0.2, 0.25) is 5.95 Å². The number of aliphatic carboxylic acids is 2. The Morgan fingerprint density at radius 1 is 0.854 bits per heavy atom. The number of fused-ring (bicyclic) bond motifs is 1. The van der Waals surface area contributed by atoms with Gasteiger partial charge in [0.1, 0.15) is 34.8 Å². The Kier molecular flexibility index (Phi) is 13.4. The fourth-order valence-corrected chi connectivity index (χ4v) is 7.38. The van der Waals surface area contributed by atoms with Crippen LogP contribution in [-0.4, -0.2) is 97.4 Å². The molecule has 5 heterocycles. The third-order valence-corrected chi connectivity index (χ3v) is 10.2. The Bertz CT molecular complexity index is 1440. The standard InChI is InChI=1S/C34H48N6O6.2Na/c1-22-23(2)31-25(24(3)30(22)45-26(32(43)44)19-29(41)42)9-10-34(4,46-31)21-37-15-17-39(18-16-37)28-20-27(38-11-5-6-12-38)35-33(36-28)40-13-7-8-14-40;;/h20,26H,5-19,21H2,1-4H3,(H,41,42)(H,43,44);;/q;2*+1/p-2. The molecule has 14 heteroatoms. The van der Waals surface area contributed by atoms with Crippen LogP contribution in [0.2, 0.25) is 0 Å². The van der Waals surface area contributed by atoms with E-state index >= 15 is 0 Å². The van der Waals surface area contributed by atoms with E-state index in [1.807, 2.05) is 20.8 Å². The van der Waals surface area contributed by atoms with E-state index in [9.17, 15) is 19.8 Å². The van der Waals surface area contributed by atoms with Gasteiger partial charge in [-0.3, -0.25) is 4.90 Å². The molecular formula is C34H46N6Na2O6. The third kappa shape index (κ3) is 8.55. The predicted molar refractivity (Wildman–Crippen MR) is 171 cm³/mol. The summed E-state index contributed by atoms with van der Waals surface area (Å²) in [6.07, 6.45) is 3.93. The monoisotopic (exact) mass is 680 g/mol. The van der Waals surface area contributed by atoms with Crippen molar-refractivity contribution in [3.05, 3.63) is 28.3 Å². The maximum Gasteiger partial charge on any atom is 1.00 e. The largest absolute Gasteiger partial charge is 1.00 e. The first-order valence-corrected chi connectivity index (χ1v) is 16.8. The summed E-state index contributed by atoms with van der Waals surface area (Å²) in [4.78, 5) is 42.3. The number of carboxylic acid groups (broad SMARTS) is 2. The van der Waals surface area contributed by atoms with Crippen LogP contribution in [0, 0.1) is 20.8 Å². The zero-order valence-electron chi connectivity index (χ0n) is 29.6. The van der Waals surface area contributed by atoms with Crippen LogP contribution in [0.1, 0.15) is 67.7 Å². The average molecular weight is 681 g/mol. The number of ether oxygens (including phenoxy) is 2. The van der Waals surface area contributed by atoms with Crippen molar-refractivity contribution in [3.63, 3.8) is 0 Å². The minimum Gasteiger partial charge on any atom is -0.550 e. The molecule has 0 radical (unpaired) electrons. The molecule has 0 amide bonds. The molecule has 250 valence electrons. The van der Waals surface area contributed by atoms with Crippen LogP contribution in [-0.2, 0) is 16.0 Å². The number of nitrogens with zero attached hydrogens (tertiary/aromatic N) is 6. The Balaban J connectivity index is 0.00000260. The molecule has 2 unspecified atom stereocenters. The molecule has 3 saturated heterocycles. The number of benzene rings is 1. The fourth-order valence-electron chi connectivity index (χ4n) is 7.38. The van der Waals surface area contributed by atoms with E-state index in [-0.39, 0.29) is 59.1 Å². The third-order valence-electron chi connectivity index (χ3n) is 10.2. The van der Waals surface area contributed by atoms with Crippen molar-refractivity contribution in [2.45, 2.75) is 84.3 Å². The Labute approximate surface area is 328 Å². The predicted octanol–water partition coefficient (Wildman–Crippen LogP) is -4.85. The number of rotatable bonds is 10. The summed E-state index contributed by atoms with van der Waals surface area (Å²) in [6.45, 7) is 16.3. The van der Waals surface area contributed by atoms with Gasteiger partial charge in [0.25, 0.3) is 0 Å². The van der Waals surface area contributed by atoms with Gasteiger partial charge < -0.3 is 44.0 Å². The summed E-state index contributed by atoms with van der Waals surface area (Å²) < 4.78 is 12.5. The molecule has 48 heavy (non-hydrogen) atoms. The minimum absolute atomic E-state index is 0. The number of carbonyl (C=O) groups is 2. The Morgan fingerprint density at radius 2 is 1.42 bits per heavy atom. The van der Waals surface area contributed by atoms with E-state index in [4.69, 9.17) is 19.4 Å². The van der Waals surface area contributed by atoms with Crippen molar-refractivity contribution in [2.75, 3.05) is 73.6 Å². The molecule has 0 spiro atoms. The SMILES string of the molecule is Cc1c(C)c2c(c(C)c1OC(CC(=O)[O-])C(=O)[O-])CCC(C)(CN1CCN(c3cc(N4CCCC4)nc(N4CCCC4)n3)CC1)O2.[Na+].[Na+]. The average Bonchev–Trinajstić information content (AvgIpc) is 3.77. The van der Waals surface area contributed by atoms with E-state index in [0.717, 1.165) is 117 Å². The van der Waals surface area contributed by atoms with Gasteiger partial charge in [-0.15, -0.1) is 0 Å². The van der Waals surface area contributed by atoms with Gasteiger partial charge in [-0.05, 0) is 82.9 Å². The van der Waals surface area contributed by atoms with Crippen molar-refractivity contribution in [3.8, 4) is 11.5 Å². The Hall–Kier alpha value is -1.80. The molecule has 2 atom stereocenters. The molecule has 0 aliphatic carbocycles. The molecular weight excluding hydrogens is 634 g/mol. The molecule has 1 aromatic carbocycles. The second kappa shape index (κ2) is 16.5. The summed E-state index contributed by atoms with van der Waals surface area (Å²) in [5.74, 6) is 1.04. The first-order valence-electron chi connectivity index (χ1n) is 16.8. The maximum absolute atomic E-state index is 11.6. The number of hydrogen-bond acceptors (Lipinski definition) is 12. The molecule has 0 saturated carbocycles. The van der Waals surface area contributed by atoms with Gasteiger partial charge in [-0.1, -0.05) is 0 Å². The van der Waals surface area contributed by atoms with Crippen LogP contribution in [0.5, 0.6) is 11.5 Å². The molecule has 4 aliphatic rings. The van der Waals surface area contributed by atoms with Gasteiger partial charge in [0.05, 0.1) is 5.97 Å². The summed E-state index contributed by atoms with van der Waals surface area (Å²) in [7, 11) is 0. The van der Waals surface area contributed by atoms with Crippen LogP contribution >= 0.6 is 0 Å². The van der Waals surface area contributed by atoms with Crippen LogP contribution < -0.4 is 93.5 Å². The normalized spacial score (nSPS) is 21.5. The molecule has 0 bridgehead atoms. The summed E-state index contributed by atoms with van der Waals surface area (Å²) in [5.41, 5.74) is 2.93. The number of carboxylic acids is 2. The minimum atomic E-state index is -1.63. The first kappa shape index (κ1) is 39.0. The second-order valence-electron chi connectivity index (χ2n) is 13.6. The van der Waals surface area contributed by atoms with E-state index in [1.54, 1.807) is 0 Å². The van der Waals surface area contributed by atoms with E-state index in [2.05, 4.69) is 32.6 Å². The Morgan fingerprint density at radius 3 is 1.98 bits per heavy atom. The van der Waals surface area contributed by atoms with Gasteiger partial charge >= 0.3 is 59.1 Å². The number of hydrogen-bond donors (Lipinski definition) is 0. The van der Waals surface area contributed by atoms with Crippen molar-refractivity contribution in [1.82, 2.24) is 14.9 Å². The van der Waals surface area contributed by atoms with Gasteiger partial charge in [-0.25, -0.2) is 0 Å². The van der Waals surface area contributed by atoms with Gasteiger partial charge in [0, 0.05) is 82.9 Å². The van der Waals surface area contributed by atoms with Crippen LogP contribution in [0.25, 0.3) is 0 Å². The number of carbonyl (C=O) groups excluding carboxylic acids is 2. The van der Waals surface area contributed by atoms with E-state index < -0.39 is 30.1 Å². The van der Waals surface area contributed by atoms with Crippen molar-refractivity contribution in [1.29, 1.82) is 0 Å². The number of anilines is 3. The topological polar surface area (TPSA) is 137 Å². The summed E-state index contributed by atoms with van der Waals surface area (Å²) in [6, 6.07) is 2.18. The van der Waals surface area contributed by atoms with Gasteiger partial charge in [-0.2, -0.15) is 9.97 Å². The van der Waals surface area contributed by atoms with Crippen LogP contribution in [0.3, 0.4) is 0 Å². The van der Waals surface area contributed by atoms with Crippen LogP contribution in [0.4, 0.5) is 17.6 Å². The number of aromatic nitrogens is 2. The molecule has 4 aliphatic heterocycles. The quantitative estimate of drug-likeness (QED) is 0.223. The molecule has 1 aromatic heterocycles. The molecule has 2 aromatic rings. The number of piperazine rings is 1. The molecule has 12 nitrogen and oxygen atoms in total.